The first-order valence-electron chi connectivity index (χ1n) is 7.51. The molecule has 2 aliphatic rings. The topological polar surface area (TPSA) is 72.9 Å². The number of urea groups is 1. The number of carboxylic acid groups (broad SMARTS) is 1. The minimum Gasteiger partial charge on any atom is -0.480 e. The second kappa shape index (κ2) is 6.43. The standard InChI is InChI=1S/C14H25N3O3/c1-10(2)12(13(18)19)15-14(20)17-8-7-16-6-4-3-5-11(16)9-17/h10-12H,3-9H2,1-2H3,(H,15,20)(H,18,19)/t11?,12-/m1/s1. The summed E-state index contributed by atoms with van der Waals surface area (Å²) >= 11 is 0. The van der Waals surface area contributed by atoms with Crippen LogP contribution in [0.4, 0.5) is 4.79 Å². The quantitative estimate of drug-likeness (QED) is 0.809. The number of piperazine rings is 1. The number of hydrogen-bond donors (Lipinski definition) is 2. The third kappa shape index (κ3) is 3.42. The summed E-state index contributed by atoms with van der Waals surface area (Å²) in [5, 5.41) is 11.8. The first-order chi connectivity index (χ1) is 9.49. The first-order valence-corrected chi connectivity index (χ1v) is 7.51. The summed E-state index contributed by atoms with van der Waals surface area (Å²) in [5.41, 5.74) is 0. The van der Waals surface area contributed by atoms with Crippen molar-refractivity contribution in [1.29, 1.82) is 0 Å². The summed E-state index contributed by atoms with van der Waals surface area (Å²) in [6, 6.07) is -0.603. The van der Waals surface area contributed by atoms with Crippen LogP contribution in [0.3, 0.4) is 0 Å². The Morgan fingerprint density at radius 1 is 1.20 bits per heavy atom. The number of hydrogen-bond acceptors (Lipinski definition) is 3. The molecule has 0 aromatic heterocycles. The summed E-state index contributed by atoms with van der Waals surface area (Å²) in [6.07, 6.45) is 3.60. The van der Waals surface area contributed by atoms with Gasteiger partial charge in [-0.15, -0.1) is 0 Å². The van der Waals surface area contributed by atoms with Gasteiger partial charge in [0.25, 0.3) is 0 Å². The van der Waals surface area contributed by atoms with Crippen molar-refractivity contribution in [1.82, 2.24) is 15.1 Å². The minimum atomic E-state index is -0.968. The van der Waals surface area contributed by atoms with Crippen molar-refractivity contribution < 1.29 is 14.7 Å². The van der Waals surface area contributed by atoms with Crippen LogP contribution in [0.25, 0.3) is 0 Å². The number of carboxylic acids is 1. The minimum absolute atomic E-state index is 0.118. The number of piperidine rings is 1. The maximum absolute atomic E-state index is 12.2. The fraction of sp³-hybridized carbons (Fsp3) is 0.857. The number of carbonyl (C=O) groups is 2. The van der Waals surface area contributed by atoms with E-state index in [2.05, 4.69) is 10.2 Å². The zero-order chi connectivity index (χ0) is 14.7. The highest BCUT2D eigenvalue weighted by Gasteiger charge is 2.33. The second-order valence-corrected chi connectivity index (χ2v) is 6.14. The van der Waals surface area contributed by atoms with Gasteiger partial charge in [0, 0.05) is 25.7 Å². The first kappa shape index (κ1) is 15.1. The summed E-state index contributed by atoms with van der Waals surface area (Å²) in [7, 11) is 0. The molecule has 2 fully saturated rings. The van der Waals surface area contributed by atoms with Gasteiger partial charge < -0.3 is 15.3 Å². The maximum atomic E-state index is 12.2. The summed E-state index contributed by atoms with van der Waals surface area (Å²) in [6.45, 7) is 7.04. The molecule has 2 atom stereocenters. The van der Waals surface area contributed by atoms with Gasteiger partial charge in [-0.3, -0.25) is 4.90 Å². The molecule has 2 amide bonds. The molecule has 0 aliphatic carbocycles. The van der Waals surface area contributed by atoms with Crippen molar-refractivity contribution in [3.05, 3.63) is 0 Å². The van der Waals surface area contributed by atoms with E-state index in [4.69, 9.17) is 5.11 Å². The number of rotatable bonds is 3. The predicted molar refractivity (Wildman–Crippen MR) is 75.6 cm³/mol. The highest BCUT2D eigenvalue weighted by molar-refractivity contribution is 5.82. The fourth-order valence-corrected chi connectivity index (χ4v) is 3.08. The van der Waals surface area contributed by atoms with E-state index in [9.17, 15) is 9.59 Å². The Balaban J connectivity index is 1.91. The van der Waals surface area contributed by atoms with Crippen LogP contribution < -0.4 is 5.32 Å². The molecular weight excluding hydrogens is 258 g/mol. The molecule has 2 saturated heterocycles. The molecule has 0 radical (unpaired) electrons. The van der Waals surface area contributed by atoms with E-state index in [1.165, 1.54) is 12.8 Å². The van der Waals surface area contributed by atoms with Gasteiger partial charge >= 0.3 is 12.0 Å². The Bertz CT molecular complexity index is 373. The van der Waals surface area contributed by atoms with Crippen molar-refractivity contribution in [3.63, 3.8) is 0 Å². The largest absolute Gasteiger partial charge is 0.480 e. The third-order valence-electron chi connectivity index (χ3n) is 4.34. The molecule has 6 heteroatoms. The molecular formula is C14H25N3O3. The van der Waals surface area contributed by atoms with Gasteiger partial charge in [0.1, 0.15) is 6.04 Å². The molecule has 0 aromatic carbocycles. The zero-order valence-electron chi connectivity index (χ0n) is 12.3. The third-order valence-corrected chi connectivity index (χ3v) is 4.34. The average molecular weight is 283 g/mol. The number of nitrogens with one attached hydrogen (secondary N) is 1. The highest BCUT2D eigenvalue weighted by Crippen LogP contribution is 2.21. The summed E-state index contributed by atoms with van der Waals surface area (Å²) < 4.78 is 0. The van der Waals surface area contributed by atoms with E-state index < -0.39 is 12.0 Å². The molecule has 0 saturated carbocycles. The van der Waals surface area contributed by atoms with Gasteiger partial charge in [-0.05, 0) is 25.3 Å². The van der Waals surface area contributed by atoms with Crippen LogP contribution in [-0.2, 0) is 4.79 Å². The molecule has 2 aliphatic heterocycles. The number of nitrogens with zero attached hydrogens (tertiary/aromatic N) is 2. The van der Waals surface area contributed by atoms with Crippen molar-refractivity contribution in [2.24, 2.45) is 5.92 Å². The Kier molecular flexibility index (Phi) is 4.86. The van der Waals surface area contributed by atoms with E-state index in [1.807, 2.05) is 0 Å². The van der Waals surface area contributed by atoms with Crippen molar-refractivity contribution in [2.75, 3.05) is 26.2 Å². The predicted octanol–water partition coefficient (Wildman–Crippen LogP) is 0.975. The van der Waals surface area contributed by atoms with Gasteiger partial charge in [0.15, 0.2) is 0 Å². The maximum Gasteiger partial charge on any atom is 0.326 e. The zero-order valence-corrected chi connectivity index (χ0v) is 12.3. The van der Waals surface area contributed by atoms with E-state index in [0.29, 0.717) is 12.6 Å². The Labute approximate surface area is 120 Å². The van der Waals surface area contributed by atoms with Crippen LogP contribution in [0.15, 0.2) is 0 Å². The van der Waals surface area contributed by atoms with Crippen LogP contribution in [0, 0.1) is 5.92 Å². The normalized spacial score (nSPS) is 25.1. The van der Waals surface area contributed by atoms with Crippen LogP contribution in [0.2, 0.25) is 0 Å². The molecule has 20 heavy (non-hydrogen) atoms. The van der Waals surface area contributed by atoms with Gasteiger partial charge in [-0.2, -0.15) is 0 Å². The van der Waals surface area contributed by atoms with Crippen LogP contribution >= 0.6 is 0 Å². The Morgan fingerprint density at radius 2 is 1.95 bits per heavy atom. The van der Waals surface area contributed by atoms with E-state index in [-0.39, 0.29) is 11.9 Å². The van der Waals surface area contributed by atoms with E-state index in [1.54, 1.807) is 18.7 Å². The second-order valence-electron chi connectivity index (χ2n) is 6.14. The molecule has 114 valence electrons. The molecule has 0 aromatic rings. The monoisotopic (exact) mass is 283 g/mol. The van der Waals surface area contributed by atoms with Crippen molar-refractivity contribution >= 4 is 12.0 Å². The van der Waals surface area contributed by atoms with Crippen LogP contribution in [-0.4, -0.2) is 65.2 Å². The Morgan fingerprint density at radius 3 is 2.60 bits per heavy atom. The lowest BCUT2D eigenvalue weighted by molar-refractivity contribution is -0.140. The average Bonchev–Trinajstić information content (AvgIpc) is 2.43. The van der Waals surface area contributed by atoms with Gasteiger partial charge in [0.05, 0.1) is 0 Å². The fourth-order valence-electron chi connectivity index (χ4n) is 3.08. The number of carbonyl (C=O) groups excluding carboxylic acids is 1. The molecule has 2 heterocycles. The number of fused-ring (bicyclic) bond motifs is 1. The summed E-state index contributed by atoms with van der Waals surface area (Å²) in [5.74, 6) is -1.09. The lowest BCUT2D eigenvalue weighted by Crippen LogP contribution is -2.59. The summed E-state index contributed by atoms with van der Waals surface area (Å²) in [4.78, 5) is 27.6. The smallest absolute Gasteiger partial charge is 0.326 e. The molecule has 1 unspecified atom stereocenters. The molecule has 0 spiro atoms. The number of aliphatic carboxylic acids is 1. The SMILES string of the molecule is CC(C)[C@@H](NC(=O)N1CCN2CCCCC2C1)C(=O)O. The van der Waals surface area contributed by atoms with E-state index >= 15 is 0 Å². The molecule has 6 nitrogen and oxygen atoms in total. The number of amides is 2. The van der Waals surface area contributed by atoms with Crippen LogP contribution in [0.5, 0.6) is 0 Å². The molecule has 2 rings (SSSR count). The molecule has 2 N–H and O–H groups in total. The molecule has 0 bridgehead atoms. The Hall–Kier alpha value is -1.30. The van der Waals surface area contributed by atoms with Gasteiger partial charge in [0.2, 0.25) is 0 Å². The van der Waals surface area contributed by atoms with E-state index in [0.717, 1.165) is 26.1 Å². The van der Waals surface area contributed by atoms with Crippen LogP contribution in [0.1, 0.15) is 33.1 Å². The van der Waals surface area contributed by atoms with Gasteiger partial charge in [-0.1, -0.05) is 20.3 Å². The van der Waals surface area contributed by atoms with Gasteiger partial charge in [-0.25, -0.2) is 9.59 Å². The lowest BCUT2D eigenvalue weighted by Gasteiger charge is -2.44. The van der Waals surface area contributed by atoms with Crippen molar-refractivity contribution in [2.45, 2.75) is 45.2 Å². The lowest BCUT2D eigenvalue weighted by atomic mass is 9.99. The van der Waals surface area contributed by atoms with Crippen molar-refractivity contribution in [3.8, 4) is 0 Å². The highest BCUT2D eigenvalue weighted by atomic mass is 16.4.